The lowest BCUT2D eigenvalue weighted by molar-refractivity contribution is -0.265. The third-order valence-electron chi connectivity index (χ3n) is 17.0. The van der Waals surface area contributed by atoms with Crippen molar-refractivity contribution in [1.82, 2.24) is 10.2 Å². The number of hydrogen-bond acceptors (Lipinski definition) is 13. The van der Waals surface area contributed by atoms with Gasteiger partial charge in [0.05, 0.1) is 24.4 Å². The maximum Gasteiger partial charge on any atom is 0.329 e. The molecule has 3 saturated heterocycles. The van der Waals surface area contributed by atoms with E-state index >= 15 is 0 Å². The fourth-order valence-corrected chi connectivity index (χ4v) is 12.0. The van der Waals surface area contributed by atoms with Gasteiger partial charge in [0.25, 0.3) is 11.7 Å². The monoisotopic (exact) mass is 1020 g/mol. The molecule has 4 fully saturated rings. The number of carbonyl (C=O) groups excluding carboxylic acids is 4. The number of ketones is 2. The second-order valence-electron chi connectivity index (χ2n) is 22.6. The molecule has 1 aliphatic carbocycles. The quantitative estimate of drug-likeness (QED) is 0.108. The Kier molecular flexibility index (Phi) is 24.3. The number of allylic oxidation sites excluding steroid dienone is 6. The Hall–Kier alpha value is -3.34. The van der Waals surface area contributed by atoms with Crippen LogP contribution in [0.3, 0.4) is 0 Å². The smallest absolute Gasteiger partial charge is 0.329 e. The third kappa shape index (κ3) is 16.8. The second-order valence-corrected chi connectivity index (χ2v) is 22.6. The van der Waals surface area contributed by atoms with Gasteiger partial charge in [-0.25, -0.2) is 4.79 Å². The lowest BCUT2D eigenvalue weighted by Crippen LogP contribution is -2.61. The fourth-order valence-electron chi connectivity index (χ4n) is 12.0. The van der Waals surface area contributed by atoms with E-state index in [-0.39, 0.29) is 67.2 Å². The Morgan fingerprint density at radius 1 is 0.849 bits per heavy atom. The molecule has 15 atom stereocenters. The van der Waals surface area contributed by atoms with Crippen molar-refractivity contribution in [2.75, 3.05) is 47.6 Å². The van der Waals surface area contributed by atoms with Gasteiger partial charge in [0.1, 0.15) is 30.1 Å². The summed E-state index contributed by atoms with van der Waals surface area (Å²) in [6.45, 7) is 20.7. The minimum absolute atomic E-state index is 0.00642. The number of nitrogens with zero attached hydrogens (tertiary/aromatic N) is 1. The first-order valence-electron chi connectivity index (χ1n) is 27.8. The zero-order valence-corrected chi connectivity index (χ0v) is 46.2. The molecule has 14 nitrogen and oxygen atoms in total. The number of methoxy groups -OCH3 is 3. The van der Waals surface area contributed by atoms with E-state index in [4.69, 9.17) is 28.4 Å². The summed E-state index contributed by atoms with van der Waals surface area (Å²) < 4.78 is 36.9. The zero-order valence-electron chi connectivity index (χ0n) is 46.2. The van der Waals surface area contributed by atoms with Gasteiger partial charge in [0, 0.05) is 59.2 Å². The molecule has 0 aromatic heterocycles. The van der Waals surface area contributed by atoms with Gasteiger partial charge in [-0.2, -0.15) is 0 Å². The number of esters is 1. The molecule has 0 radical (unpaired) electrons. The van der Waals surface area contributed by atoms with Crippen molar-refractivity contribution < 1.29 is 57.8 Å². The second kappa shape index (κ2) is 29.3. The summed E-state index contributed by atoms with van der Waals surface area (Å²) in [5.41, 5.74) is 2.24. The Labute approximate surface area is 438 Å². The molecule has 0 aromatic rings. The van der Waals surface area contributed by atoms with Crippen LogP contribution >= 0.6 is 0 Å². The molecular formula is C59H94N2O12. The van der Waals surface area contributed by atoms with Crippen molar-refractivity contribution in [2.45, 2.75) is 199 Å². The number of aliphatic hydroxyl groups excluding tert-OH is 1. The Morgan fingerprint density at radius 2 is 1.59 bits per heavy atom. The molecule has 1 saturated carbocycles. The van der Waals surface area contributed by atoms with E-state index in [1.807, 2.05) is 38.2 Å². The average Bonchev–Trinajstić information content (AvgIpc) is 3.38. The minimum Gasteiger partial charge on any atom is -0.460 e. The summed E-state index contributed by atoms with van der Waals surface area (Å²) in [6.07, 6.45) is 18.0. The van der Waals surface area contributed by atoms with Gasteiger partial charge in [-0.1, -0.05) is 77.7 Å². The number of amides is 1. The van der Waals surface area contributed by atoms with Crippen LogP contribution in [0.2, 0.25) is 0 Å². The summed E-state index contributed by atoms with van der Waals surface area (Å²) in [5, 5.41) is 27.2. The average molecular weight is 1020 g/mol. The van der Waals surface area contributed by atoms with Gasteiger partial charge in [0.2, 0.25) is 5.79 Å². The highest BCUT2D eigenvalue weighted by molar-refractivity contribution is 6.39. The van der Waals surface area contributed by atoms with Crippen molar-refractivity contribution in [2.24, 2.45) is 41.4 Å². The lowest BCUT2D eigenvalue weighted by atomic mass is 9.78. The van der Waals surface area contributed by atoms with Crippen molar-refractivity contribution >= 4 is 23.4 Å². The Bertz CT molecular complexity index is 1940. The van der Waals surface area contributed by atoms with Crippen molar-refractivity contribution in [1.29, 1.82) is 0 Å². The van der Waals surface area contributed by atoms with Crippen LogP contribution in [0, 0.1) is 41.4 Å². The molecule has 412 valence electrons. The molecular weight excluding hydrogens is 929 g/mol. The summed E-state index contributed by atoms with van der Waals surface area (Å²) in [7, 11) is 4.90. The van der Waals surface area contributed by atoms with Crippen LogP contribution in [0.4, 0.5) is 0 Å². The molecule has 3 N–H and O–H groups in total. The molecule has 5 aliphatic rings. The first-order chi connectivity index (χ1) is 34.8. The molecule has 5 rings (SSSR count). The highest BCUT2D eigenvalue weighted by atomic mass is 16.6. The van der Waals surface area contributed by atoms with E-state index in [1.165, 1.54) is 17.7 Å². The van der Waals surface area contributed by atoms with Crippen LogP contribution in [0.25, 0.3) is 0 Å². The number of Topliss-reactive ketones (excluding diaryl/α,β-unsaturated/α-hetero) is 2. The predicted octanol–water partition coefficient (Wildman–Crippen LogP) is 8.58. The number of carbonyl (C=O) groups is 4. The third-order valence-corrected chi connectivity index (χ3v) is 17.0. The topological polar surface area (TPSA) is 179 Å². The number of ether oxygens (including phenoxy) is 6. The van der Waals surface area contributed by atoms with Crippen LogP contribution in [-0.2, 0) is 47.6 Å². The number of cyclic esters (lactones) is 1. The van der Waals surface area contributed by atoms with E-state index in [2.05, 4.69) is 31.8 Å². The Balaban J connectivity index is 1.42. The number of aliphatic hydroxyl groups is 2. The standard InChI is InChI=1S/C59H94N2O12/c1-37-17-13-12-14-18-38(2)51(68-9)35-47-22-20-43(7)59(67,73-47)56(64)57(65)61-29-16-15-19-48(61)58(66)72-52(36-49(62)40(4)32-42(6)54(63)55(70-11)44(8)39(3)31-37)41(5)33-46-21-23-50(53(34-46)69-10)71-30-26-45-24-27-60-28-25-45/h12-14,17-18,32,37,39-41,43,45-48,50-55,60,63,67H,8,15-16,19-31,33-36H2,1-7,9-11H3/b14-12+,17-13+,38-18+,42-32+/t37-,39-,40-,41-,43-,46+,47+,48+,50-,51+,52+,53-,54-,55+,59-/m1/s1. The first kappa shape index (κ1) is 60.5. The van der Waals surface area contributed by atoms with Crippen molar-refractivity contribution in [3.05, 3.63) is 59.8 Å². The normalized spacial score (nSPS) is 38.8. The molecule has 1 amide bonds. The van der Waals surface area contributed by atoms with Crippen molar-refractivity contribution in [3.8, 4) is 0 Å². The number of nitrogens with one attached hydrogen (secondary N) is 1. The lowest BCUT2D eigenvalue weighted by Gasteiger charge is -2.42. The fraction of sp³-hybridized carbons (Fsp3) is 0.763. The van der Waals surface area contributed by atoms with Gasteiger partial charge in [-0.15, -0.1) is 0 Å². The first-order valence-corrected chi connectivity index (χ1v) is 27.8. The van der Waals surface area contributed by atoms with Crippen LogP contribution in [0.15, 0.2) is 59.8 Å². The highest BCUT2D eigenvalue weighted by Crippen LogP contribution is 2.38. The van der Waals surface area contributed by atoms with E-state index in [0.29, 0.717) is 56.6 Å². The molecule has 0 aromatic carbocycles. The van der Waals surface area contributed by atoms with Gasteiger partial charge in [-0.05, 0) is 157 Å². The molecule has 0 spiro atoms. The number of fused-ring (bicyclic) bond motifs is 3. The van der Waals surface area contributed by atoms with Gasteiger partial charge >= 0.3 is 5.97 Å². The summed E-state index contributed by atoms with van der Waals surface area (Å²) in [6, 6.07) is -1.10. The van der Waals surface area contributed by atoms with Gasteiger partial charge in [-0.3, -0.25) is 14.4 Å². The van der Waals surface area contributed by atoms with Crippen LogP contribution in [-0.4, -0.2) is 141 Å². The van der Waals surface area contributed by atoms with Gasteiger partial charge < -0.3 is 48.9 Å². The maximum atomic E-state index is 14.6. The molecule has 2 bridgehead atoms. The molecule has 4 heterocycles. The van der Waals surface area contributed by atoms with Crippen LogP contribution < -0.4 is 5.32 Å². The summed E-state index contributed by atoms with van der Waals surface area (Å²) in [4.78, 5) is 59.0. The van der Waals surface area contributed by atoms with E-state index in [0.717, 1.165) is 56.3 Å². The maximum absolute atomic E-state index is 14.6. The Morgan fingerprint density at radius 3 is 2.29 bits per heavy atom. The predicted molar refractivity (Wildman–Crippen MR) is 283 cm³/mol. The van der Waals surface area contributed by atoms with E-state index < -0.39 is 65.7 Å². The number of hydrogen-bond donors (Lipinski definition) is 3. The highest BCUT2D eigenvalue weighted by Gasteiger charge is 2.53. The molecule has 14 heteroatoms. The van der Waals surface area contributed by atoms with Gasteiger partial charge in [0.15, 0.2) is 0 Å². The molecule has 4 aliphatic heterocycles. The van der Waals surface area contributed by atoms with Crippen molar-refractivity contribution in [3.63, 3.8) is 0 Å². The molecule has 73 heavy (non-hydrogen) atoms. The zero-order chi connectivity index (χ0) is 53.4. The van der Waals surface area contributed by atoms with Crippen LogP contribution in [0.5, 0.6) is 0 Å². The minimum atomic E-state index is -2.41. The summed E-state index contributed by atoms with van der Waals surface area (Å²) in [5.74, 6) is -5.91. The van der Waals surface area contributed by atoms with Crippen LogP contribution in [0.1, 0.15) is 145 Å². The summed E-state index contributed by atoms with van der Waals surface area (Å²) >= 11 is 0. The van der Waals surface area contributed by atoms with E-state index in [1.54, 1.807) is 48.2 Å². The SMILES string of the molecule is C=C1[C@H](C)C[C@H](C)/C=C/C=C/C=C(\C)[C@@H](OC)C[C@@H]2CC[C@@H](C)[C@@](O)(O2)C(=O)C(=O)N2CCCC[C@H]2C(=O)O[C@H]([C@H](C)C[C@@H]2CC[C@@H](OCCC3CCNCC3)[C@H](OC)C2)CC(=O)[C@H](C)/C=C(\C)[C@@H](O)[C@H]1OC. The number of piperidine rings is 2. The van der Waals surface area contributed by atoms with E-state index in [9.17, 15) is 29.4 Å². The molecule has 0 unspecified atom stereocenters. The number of rotatable bonds is 10. The largest absolute Gasteiger partial charge is 0.460 e.